The maximum atomic E-state index is 5.93. The molecule has 0 spiro atoms. The monoisotopic (exact) mass is 260 g/mol. The number of anilines is 2. The van der Waals surface area contributed by atoms with E-state index in [1.807, 2.05) is 25.2 Å². The Hall–Kier alpha value is -1.67. The van der Waals surface area contributed by atoms with Gasteiger partial charge >= 0.3 is 0 Å². The first kappa shape index (κ1) is 12.8. The minimum atomic E-state index is 0.774. The number of hydrogen-bond acceptors (Lipinski definition) is 2. The molecular weight excluding hydrogens is 244 g/mol. The van der Waals surface area contributed by atoms with Crippen molar-refractivity contribution in [1.82, 2.24) is 0 Å². The van der Waals surface area contributed by atoms with Crippen LogP contribution in [0.3, 0.4) is 0 Å². The summed E-state index contributed by atoms with van der Waals surface area (Å²) in [5.74, 6) is 0. The summed E-state index contributed by atoms with van der Waals surface area (Å²) >= 11 is 5.93. The van der Waals surface area contributed by atoms with Crippen LogP contribution in [0.15, 0.2) is 42.5 Å². The molecule has 0 unspecified atom stereocenters. The van der Waals surface area contributed by atoms with Crippen molar-refractivity contribution in [3.8, 4) is 0 Å². The standard InChI is InChI=1S/C15H17ClN2/c1-11-9-13(16)5-8-15(11)18-10-12-3-6-14(17-2)7-4-12/h3-9,17-18H,10H2,1-2H3. The lowest BCUT2D eigenvalue weighted by atomic mass is 10.1. The third-order valence-corrected chi connectivity index (χ3v) is 3.15. The zero-order valence-electron chi connectivity index (χ0n) is 10.6. The molecule has 0 aliphatic heterocycles. The molecular formula is C15H17ClN2. The highest BCUT2D eigenvalue weighted by atomic mass is 35.5. The fourth-order valence-corrected chi connectivity index (χ4v) is 2.04. The number of aryl methyl sites for hydroxylation is 1. The van der Waals surface area contributed by atoms with Crippen molar-refractivity contribution in [3.05, 3.63) is 58.6 Å². The minimum absolute atomic E-state index is 0.774. The fourth-order valence-electron chi connectivity index (χ4n) is 1.81. The van der Waals surface area contributed by atoms with Crippen molar-refractivity contribution in [2.24, 2.45) is 0 Å². The number of nitrogens with one attached hydrogen (secondary N) is 2. The van der Waals surface area contributed by atoms with E-state index in [1.165, 1.54) is 5.56 Å². The molecule has 2 N–H and O–H groups in total. The lowest BCUT2D eigenvalue weighted by molar-refractivity contribution is 1.14. The Labute approximate surface area is 113 Å². The molecule has 2 aromatic rings. The van der Waals surface area contributed by atoms with Gasteiger partial charge in [-0.1, -0.05) is 23.7 Å². The highest BCUT2D eigenvalue weighted by Crippen LogP contribution is 2.20. The van der Waals surface area contributed by atoms with Gasteiger partial charge in [-0.3, -0.25) is 0 Å². The SMILES string of the molecule is CNc1ccc(CNc2ccc(Cl)cc2C)cc1. The van der Waals surface area contributed by atoms with Crippen molar-refractivity contribution < 1.29 is 0 Å². The molecule has 94 valence electrons. The van der Waals surface area contributed by atoms with Crippen molar-refractivity contribution in [1.29, 1.82) is 0 Å². The molecule has 2 rings (SSSR count). The van der Waals surface area contributed by atoms with Crippen LogP contribution in [0.2, 0.25) is 5.02 Å². The normalized spacial score (nSPS) is 10.2. The third-order valence-electron chi connectivity index (χ3n) is 2.91. The first-order valence-electron chi connectivity index (χ1n) is 5.96. The zero-order chi connectivity index (χ0) is 13.0. The first-order chi connectivity index (χ1) is 8.69. The van der Waals surface area contributed by atoms with Crippen LogP contribution < -0.4 is 10.6 Å². The van der Waals surface area contributed by atoms with Gasteiger partial charge in [0.05, 0.1) is 0 Å². The van der Waals surface area contributed by atoms with Gasteiger partial charge in [-0.15, -0.1) is 0 Å². The molecule has 0 aliphatic rings. The van der Waals surface area contributed by atoms with Crippen LogP contribution in [0.4, 0.5) is 11.4 Å². The van der Waals surface area contributed by atoms with Gasteiger partial charge in [0.2, 0.25) is 0 Å². The number of benzene rings is 2. The number of hydrogen-bond donors (Lipinski definition) is 2. The smallest absolute Gasteiger partial charge is 0.0410 e. The number of halogens is 1. The van der Waals surface area contributed by atoms with E-state index in [1.54, 1.807) is 0 Å². The summed E-state index contributed by atoms with van der Waals surface area (Å²) in [6, 6.07) is 14.3. The quantitative estimate of drug-likeness (QED) is 0.856. The van der Waals surface area contributed by atoms with Gasteiger partial charge in [-0.05, 0) is 48.4 Å². The molecule has 0 saturated carbocycles. The van der Waals surface area contributed by atoms with E-state index in [9.17, 15) is 0 Å². The first-order valence-corrected chi connectivity index (χ1v) is 6.33. The average Bonchev–Trinajstić information content (AvgIpc) is 2.38. The maximum absolute atomic E-state index is 5.93. The molecule has 0 saturated heterocycles. The molecule has 0 fully saturated rings. The highest BCUT2D eigenvalue weighted by Gasteiger charge is 1.99. The van der Waals surface area contributed by atoms with Crippen molar-refractivity contribution in [2.45, 2.75) is 13.5 Å². The summed E-state index contributed by atoms with van der Waals surface area (Å²) in [6.07, 6.45) is 0. The molecule has 2 nitrogen and oxygen atoms in total. The summed E-state index contributed by atoms with van der Waals surface area (Å²) in [4.78, 5) is 0. The van der Waals surface area contributed by atoms with Gasteiger partial charge in [-0.25, -0.2) is 0 Å². The van der Waals surface area contributed by atoms with Crippen LogP contribution in [0.1, 0.15) is 11.1 Å². The largest absolute Gasteiger partial charge is 0.388 e. The van der Waals surface area contributed by atoms with E-state index in [2.05, 4.69) is 41.8 Å². The fraction of sp³-hybridized carbons (Fsp3) is 0.200. The zero-order valence-corrected chi connectivity index (χ0v) is 11.4. The predicted octanol–water partition coefficient (Wildman–Crippen LogP) is 4.30. The molecule has 18 heavy (non-hydrogen) atoms. The molecule has 0 aliphatic carbocycles. The van der Waals surface area contributed by atoms with Crippen LogP contribution in [0, 0.1) is 6.92 Å². The Balaban J connectivity index is 2.02. The molecule has 0 aromatic heterocycles. The predicted molar refractivity (Wildman–Crippen MR) is 79.5 cm³/mol. The van der Waals surface area contributed by atoms with Gasteiger partial charge in [0.1, 0.15) is 0 Å². The van der Waals surface area contributed by atoms with E-state index < -0.39 is 0 Å². The highest BCUT2D eigenvalue weighted by molar-refractivity contribution is 6.30. The summed E-state index contributed by atoms with van der Waals surface area (Å²) in [7, 11) is 1.92. The van der Waals surface area contributed by atoms with Crippen LogP contribution in [-0.4, -0.2) is 7.05 Å². The van der Waals surface area contributed by atoms with Crippen molar-refractivity contribution in [2.75, 3.05) is 17.7 Å². The molecule has 0 heterocycles. The maximum Gasteiger partial charge on any atom is 0.0410 e. The van der Waals surface area contributed by atoms with Crippen molar-refractivity contribution >= 4 is 23.0 Å². The van der Waals surface area contributed by atoms with Crippen molar-refractivity contribution in [3.63, 3.8) is 0 Å². The summed E-state index contributed by atoms with van der Waals surface area (Å²) in [6.45, 7) is 2.87. The Morgan fingerprint density at radius 1 is 1.06 bits per heavy atom. The van der Waals surface area contributed by atoms with Gasteiger partial charge in [0.15, 0.2) is 0 Å². The molecule has 0 amide bonds. The van der Waals surface area contributed by atoms with Gasteiger partial charge in [0, 0.05) is 30.0 Å². The Kier molecular flexibility index (Phi) is 4.11. The average molecular weight is 261 g/mol. The summed E-state index contributed by atoms with van der Waals surface area (Å²) in [5, 5.41) is 7.30. The molecule has 0 atom stereocenters. The van der Waals surface area contributed by atoms with Crippen LogP contribution in [-0.2, 0) is 6.54 Å². The minimum Gasteiger partial charge on any atom is -0.388 e. The Bertz CT molecular complexity index is 521. The summed E-state index contributed by atoms with van der Waals surface area (Å²) < 4.78 is 0. The van der Waals surface area contributed by atoms with Crippen LogP contribution >= 0.6 is 11.6 Å². The molecule has 0 radical (unpaired) electrons. The second-order valence-corrected chi connectivity index (χ2v) is 4.70. The third kappa shape index (κ3) is 3.17. The second kappa shape index (κ2) is 5.78. The van der Waals surface area contributed by atoms with Gasteiger partial charge in [0.25, 0.3) is 0 Å². The van der Waals surface area contributed by atoms with Crippen LogP contribution in [0.25, 0.3) is 0 Å². The molecule has 0 bridgehead atoms. The molecule has 3 heteroatoms. The van der Waals surface area contributed by atoms with E-state index in [4.69, 9.17) is 11.6 Å². The second-order valence-electron chi connectivity index (χ2n) is 4.26. The van der Waals surface area contributed by atoms with Crippen LogP contribution in [0.5, 0.6) is 0 Å². The lowest BCUT2D eigenvalue weighted by Crippen LogP contribution is -2.01. The Morgan fingerprint density at radius 3 is 2.39 bits per heavy atom. The van der Waals surface area contributed by atoms with E-state index in [-0.39, 0.29) is 0 Å². The van der Waals surface area contributed by atoms with Gasteiger partial charge in [-0.2, -0.15) is 0 Å². The lowest BCUT2D eigenvalue weighted by Gasteiger charge is -2.10. The molecule has 2 aromatic carbocycles. The van der Waals surface area contributed by atoms with E-state index >= 15 is 0 Å². The van der Waals surface area contributed by atoms with E-state index in [0.29, 0.717) is 0 Å². The Morgan fingerprint density at radius 2 is 1.78 bits per heavy atom. The van der Waals surface area contributed by atoms with Gasteiger partial charge < -0.3 is 10.6 Å². The van der Waals surface area contributed by atoms with E-state index in [0.717, 1.165) is 28.5 Å². The summed E-state index contributed by atoms with van der Waals surface area (Å²) in [5.41, 5.74) is 4.66. The topological polar surface area (TPSA) is 24.1 Å². The number of rotatable bonds is 4.